The summed E-state index contributed by atoms with van der Waals surface area (Å²) >= 11 is 1.86. The Kier molecular flexibility index (Phi) is 5.33. The van der Waals surface area contributed by atoms with E-state index in [0.29, 0.717) is 5.25 Å². The lowest BCUT2D eigenvalue weighted by molar-refractivity contribution is 0.322. The second-order valence-electron chi connectivity index (χ2n) is 3.56. The van der Waals surface area contributed by atoms with Crippen LogP contribution in [0.2, 0.25) is 0 Å². The van der Waals surface area contributed by atoms with E-state index < -0.39 is 0 Å². The highest BCUT2D eigenvalue weighted by atomic mass is 32.2. The van der Waals surface area contributed by atoms with Gasteiger partial charge in [-0.15, -0.1) is 6.58 Å². The van der Waals surface area contributed by atoms with Gasteiger partial charge in [0.25, 0.3) is 0 Å². The maximum Gasteiger partial charge on any atom is 0.119 e. The SMILES string of the molecule is C=CCSC(C)COc1cccc(C)c1. The number of ether oxygens (including phenoxy) is 1. The Hall–Kier alpha value is -0.890. The van der Waals surface area contributed by atoms with E-state index in [9.17, 15) is 0 Å². The molecular formula is C13H18OS. The molecule has 0 aromatic heterocycles. The molecule has 1 unspecified atom stereocenters. The van der Waals surface area contributed by atoms with E-state index >= 15 is 0 Å². The predicted molar refractivity (Wildman–Crippen MR) is 68.8 cm³/mol. The largest absolute Gasteiger partial charge is 0.492 e. The quantitative estimate of drug-likeness (QED) is 0.679. The Morgan fingerprint density at radius 2 is 2.33 bits per heavy atom. The van der Waals surface area contributed by atoms with Gasteiger partial charge >= 0.3 is 0 Å². The van der Waals surface area contributed by atoms with Crippen LogP contribution in [-0.4, -0.2) is 17.6 Å². The lowest BCUT2D eigenvalue weighted by Gasteiger charge is -2.12. The first-order valence-corrected chi connectivity index (χ1v) is 6.19. The third-order valence-electron chi connectivity index (χ3n) is 1.97. The van der Waals surface area contributed by atoms with Crippen LogP contribution in [0.4, 0.5) is 0 Å². The summed E-state index contributed by atoms with van der Waals surface area (Å²) in [5.41, 5.74) is 1.24. The number of thioether (sulfide) groups is 1. The van der Waals surface area contributed by atoms with Crippen molar-refractivity contribution in [3.63, 3.8) is 0 Å². The summed E-state index contributed by atoms with van der Waals surface area (Å²) < 4.78 is 5.69. The molecule has 15 heavy (non-hydrogen) atoms. The fraction of sp³-hybridized carbons (Fsp3) is 0.385. The molecule has 0 amide bonds. The molecular weight excluding hydrogens is 204 g/mol. The molecule has 82 valence electrons. The molecule has 0 fully saturated rings. The van der Waals surface area contributed by atoms with Gasteiger partial charge in [0.15, 0.2) is 0 Å². The van der Waals surface area contributed by atoms with Gasteiger partial charge in [-0.25, -0.2) is 0 Å². The molecule has 1 nitrogen and oxygen atoms in total. The van der Waals surface area contributed by atoms with Gasteiger partial charge in [0.05, 0.1) is 6.61 Å². The van der Waals surface area contributed by atoms with Crippen LogP contribution >= 0.6 is 11.8 Å². The summed E-state index contributed by atoms with van der Waals surface area (Å²) in [5.74, 6) is 1.94. The average Bonchev–Trinajstić information content (AvgIpc) is 2.23. The number of benzene rings is 1. The molecule has 0 saturated carbocycles. The van der Waals surface area contributed by atoms with E-state index in [1.807, 2.05) is 30.0 Å². The summed E-state index contributed by atoms with van der Waals surface area (Å²) in [6.45, 7) is 8.70. The molecule has 1 rings (SSSR count). The molecule has 0 aliphatic carbocycles. The van der Waals surface area contributed by atoms with Gasteiger partial charge < -0.3 is 4.74 Å². The Bertz CT molecular complexity index is 309. The summed E-state index contributed by atoms with van der Waals surface area (Å²) in [5, 5.41) is 0.503. The Morgan fingerprint density at radius 3 is 3.00 bits per heavy atom. The van der Waals surface area contributed by atoms with Crippen molar-refractivity contribution in [2.75, 3.05) is 12.4 Å². The van der Waals surface area contributed by atoms with E-state index in [2.05, 4.69) is 32.6 Å². The van der Waals surface area contributed by atoms with Crippen molar-refractivity contribution >= 4 is 11.8 Å². The summed E-state index contributed by atoms with van der Waals surface area (Å²) in [4.78, 5) is 0. The normalized spacial score (nSPS) is 12.1. The minimum Gasteiger partial charge on any atom is -0.492 e. The molecule has 1 aromatic carbocycles. The highest BCUT2D eigenvalue weighted by molar-refractivity contribution is 8.00. The van der Waals surface area contributed by atoms with Crippen LogP contribution in [0, 0.1) is 6.92 Å². The van der Waals surface area contributed by atoms with Crippen LogP contribution in [-0.2, 0) is 0 Å². The summed E-state index contributed by atoms with van der Waals surface area (Å²) in [6.07, 6.45) is 1.92. The molecule has 1 atom stereocenters. The highest BCUT2D eigenvalue weighted by Gasteiger charge is 2.02. The second-order valence-corrected chi connectivity index (χ2v) is 5.03. The topological polar surface area (TPSA) is 9.23 Å². The summed E-state index contributed by atoms with van der Waals surface area (Å²) in [6, 6.07) is 8.15. The van der Waals surface area contributed by atoms with Crippen LogP contribution < -0.4 is 4.74 Å². The number of rotatable bonds is 6. The molecule has 0 heterocycles. The van der Waals surface area contributed by atoms with Crippen molar-refractivity contribution in [3.05, 3.63) is 42.5 Å². The molecule has 0 aliphatic heterocycles. The van der Waals surface area contributed by atoms with Crippen molar-refractivity contribution in [3.8, 4) is 5.75 Å². The summed E-state index contributed by atoms with van der Waals surface area (Å²) in [7, 11) is 0. The highest BCUT2D eigenvalue weighted by Crippen LogP contribution is 2.15. The van der Waals surface area contributed by atoms with Gasteiger partial charge in [-0.2, -0.15) is 11.8 Å². The van der Waals surface area contributed by atoms with Gasteiger partial charge in [0.2, 0.25) is 0 Å². The number of hydrogen-bond donors (Lipinski definition) is 0. The van der Waals surface area contributed by atoms with Crippen molar-refractivity contribution < 1.29 is 4.74 Å². The van der Waals surface area contributed by atoms with Crippen molar-refractivity contribution in [2.24, 2.45) is 0 Å². The van der Waals surface area contributed by atoms with Crippen molar-refractivity contribution in [1.29, 1.82) is 0 Å². The third-order valence-corrected chi connectivity index (χ3v) is 3.11. The first-order chi connectivity index (χ1) is 7.22. The molecule has 0 N–H and O–H groups in total. The van der Waals surface area contributed by atoms with E-state index in [4.69, 9.17) is 4.74 Å². The molecule has 1 aromatic rings. The molecule has 0 spiro atoms. The number of aryl methyl sites for hydroxylation is 1. The fourth-order valence-corrected chi connectivity index (χ4v) is 1.83. The Morgan fingerprint density at radius 1 is 1.53 bits per heavy atom. The lowest BCUT2D eigenvalue weighted by atomic mass is 10.2. The monoisotopic (exact) mass is 222 g/mol. The average molecular weight is 222 g/mol. The number of hydrogen-bond acceptors (Lipinski definition) is 2. The predicted octanol–water partition coefficient (Wildman–Crippen LogP) is 3.68. The lowest BCUT2D eigenvalue weighted by Crippen LogP contribution is -2.10. The van der Waals surface area contributed by atoms with Gasteiger partial charge in [0, 0.05) is 11.0 Å². The Labute approximate surface area is 96.5 Å². The maximum atomic E-state index is 5.69. The van der Waals surface area contributed by atoms with Crippen LogP contribution in [0.5, 0.6) is 5.75 Å². The van der Waals surface area contributed by atoms with E-state index in [1.165, 1.54) is 5.56 Å². The van der Waals surface area contributed by atoms with Crippen LogP contribution in [0.1, 0.15) is 12.5 Å². The van der Waals surface area contributed by atoms with Crippen LogP contribution in [0.3, 0.4) is 0 Å². The minimum atomic E-state index is 0.503. The smallest absolute Gasteiger partial charge is 0.119 e. The van der Waals surface area contributed by atoms with Crippen molar-refractivity contribution in [2.45, 2.75) is 19.1 Å². The molecule has 0 bridgehead atoms. The van der Waals surface area contributed by atoms with Gasteiger partial charge in [-0.3, -0.25) is 0 Å². The second kappa shape index (κ2) is 6.57. The van der Waals surface area contributed by atoms with Crippen molar-refractivity contribution in [1.82, 2.24) is 0 Å². The van der Waals surface area contributed by atoms with Crippen LogP contribution in [0.25, 0.3) is 0 Å². The van der Waals surface area contributed by atoms with Crippen LogP contribution in [0.15, 0.2) is 36.9 Å². The van der Waals surface area contributed by atoms with Gasteiger partial charge in [0.1, 0.15) is 5.75 Å². The zero-order valence-corrected chi connectivity index (χ0v) is 10.2. The van der Waals surface area contributed by atoms with Gasteiger partial charge in [-0.05, 0) is 31.5 Å². The zero-order chi connectivity index (χ0) is 11.1. The van der Waals surface area contributed by atoms with E-state index in [0.717, 1.165) is 18.1 Å². The molecule has 0 aliphatic rings. The van der Waals surface area contributed by atoms with E-state index in [1.54, 1.807) is 0 Å². The third kappa shape index (κ3) is 4.93. The Balaban J connectivity index is 2.33. The molecule has 2 heteroatoms. The first-order valence-electron chi connectivity index (χ1n) is 5.14. The molecule has 0 radical (unpaired) electrons. The van der Waals surface area contributed by atoms with Gasteiger partial charge in [-0.1, -0.05) is 18.2 Å². The van der Waals surface area contributed by atoms with E-state index in [-0.39, 0.29) is 0 Å². The minimum absolute atomic E-state index is 0.503. The standard InChI is InChI=1S/C13H18OS/c1-4-8-15-12(3)10-14-13-7-5-6-11(2)9-13/h4-7,9,12H,1,8,10H2,2-3H3. The maximum absolute atomic E-state index is 5.69. The first kappa shape index (κ1) is 12.2. The fourth-order valence-electron chi connectivity index (χ4n) is 1.20. The zero-order valence-electron chi connectivity index (χ0n) is 9.40. The molecule has 0 saturated heterocycles.